The first-order chi connectivity index (χ1) is 19.1. The number of aryl methyl sites for hydroxylation is 1. The predicted octanol–water partition coefficient (Wildman–Crippen LogP) is 4.93. The summed E-state index contributed by atoms with van der Waals surface area (Å²) in [5.74, 6) is -0.481. The first-order valence-corrected chi connectivity index (χ1v) is 15.0. The number of hydrogen-bond acceptors (Lipinski definition) is 9. The number of nitrogens with one attached hydrogen (secondary N) is 1. The van der Waals surface area contributed by atoms with Gasteiger partial charge in [-0.25, -0.2) is 13.2 Å². The molecule has 0 fully saturated rings. The normalized spacial score (nSPS) is 12.4. The number of rotatable bonds is 11. The van der Waals surface area contributed by atoms with Crippen molar-refractivity contribution in [3.63, 3.8) is 0 Å². The second kappa shape index (κ2) is 12.4. The van der Waals surface area contributed by atoms with Crippen LogP contribution in [0.3, 0.4) is 0 Å². The van der Waals surface area contributed by atoms with E-state index in [1.807, 2.05) is 0 Å². The highest BCUT2D eigenvalue weighted by atomic mass is 35.5. The predicted molar refractivity (Wildman–Crippen MR) is 153 cm³/mol. The summed E-state index contributed by atoms with van der Waals surface area (Å²) in [6.45, 7) is 1.25. The van der Waals surface area contributed by atoms with Crippen molar-refractivity contribution in [3.8, 4) is 17.2 Å². The highest BCUT2D eigenvalue weighted by molar-refractivity contribution is 7.92. The first-order valence-electron chi connectivity index (χ1n) is 12.3. The van der Waals surface area contributed by atoms with E-state index in [2.05, 4.69) is 5.32 Å². The van der Waals surface area contributed by atoms with Crippen molar-refractivity contribution in [2.24, 2.45) is 0 Å². The number of fused-ring (bicyclic) bond motifs is 1. The molecule has 4 rings (SSSR count). The zero-order valence-electron chi connectivity index (χ0n) is 22.4. The van der Waals surface area contributed by atoms with Gasteiger partial charge >= 0.3 is 5.97 Å². The monoisotopic (exact) mass is 608 g/mol. The first kappa shape index (κ1) is 29.5. The quantitative estimate of drug-likeness (QED) is 0.304. The van der Waals surface area contributed by atoms with Crippen LogP contribution in [0.5, 0.6) is 17.2 Å². The van der Waals surface area contributed by atoms with Gasteiger partial charge in [-0.1, -0.05) is 11.6 Å². The van der Waals surface area contributed by atoms with Crippen LogP contribution in [-0.4, -0.2) is 54.8 Å². The molecule has 0 radical (unpaired) electrons. The van der Waals surface area contributed by atoms with Crippen LogP contribution in [0.1, 0.15) is 34.1 Å². The molecule has 13 heteroatoms. The van der Waals surface area contributed by atoms with Gasteiger partial charge < -0.3 is 24.3 Å². The van der Waals surface area contributed by atoms with Gasteiger partial charge in [0, 0.05) is 16.0 Å². The molecule has 0 bridgehead atoms. The summed E-state index contributed by atoms with van der Waals surface area (Å²) in [6, 6.07) is 8.56. The van der Waals surface area contributed by atoms with Crippen LogP contribution >= 0.6 is 22.9 Å². The Hall–Kier alpha value is -3.48. The molecule has 2 aromatic carbocycles. The minimum absolute atomic E-state index is 0.0548. The number of anilines is 2. The summed E-state index contributed by atoms with van der Waals surface area (Å²) < 4.78 is 50.1. The lowest BCUT2D eigenvalue weighted by molar-refractivity contribution is -0.114. The number of sulfonamides is 1. The van der Waals surface area contributed by atoms with Crippen molar-refractivity contribution in [3.05, 3.63) is 57.4 Å². The third-order valence-corrected chi connectivity index (χ3v) is 9.49. The fraction of sp³-hybridized carbons (Fsp3) is 0.333. The molecule has 1 aliphatic carbocycles. The maximum absolute atomic E-state index is 14.0. The largest absolute Gasteiger partial charge is 0.495 e. The van der Waals surface area contributed by atoms with E-state index in [0.29, 0.717) is 22.7 Å². The summed E-state index contributed by atoms with van der Waals surface area (Å²) in [5, 5.41) is 3.32. The van der Waals surface area contributed by atoms with Gasteiger partial charge in [-0.05, 0) is 62.1 Å². The number of halogens is 1. The molecule has 0 saturated heterocycles. The zero-order chi connectivity index (χ0) is 29.0. The van der Waals surface area contributed by atoms with Gasteiger partial charge in [0.25, 0.3) is 10.0 Å². The molecule has 0 aliphatic heterocycles. The van der Waals surface area contributed by atoms with Gasteiger partial charge in [0.2, 0.25) is 5.91 Å². The molecular formula is C27H29ClN2O8S2. The molecule has 1 aliphatic rings. The number of esters is 1. The molecule has 1 aromatic heterocycles. The number of benzene rings is 2. The minimum Gasteiger partial charge on any atom is -0.495 e. The SMILES string of the molecule is CCOC(=O)c1c(NC(=O)CN(c2cc(Cl)ccc2OC)S(=O)(=O)c2ccc(OC)c(OC)c2)sc2c1CCC2. The highest BCUT2D eigenvalue weighted by Crippen LogP contribution is 2.40. The topological polar surface area (TPSA) is 120 Å². The van der Waals surface area contributed by atoms with Crippen molar-refractivity contribution < 1.29 is 37.0 Å². The van der Waals surface area contributed by atoms with E-state index in [1.165, 1.54) is 63.0 Å². The van der Waals surface area contributed by atoms with E-state index in [9.17, 15) is 18.0 Å². The average Bonchev–Trinajstić information content (AvgIpc) is 3.52. The van der Waals surface area contributed by atoms with Crippen LogP contribution in [0.2, 0.25) is 5.02 Å². The summed E-state index contributed by atoms with van der Waals surface area (Å²) >= 11 is 7.53. The molecule has 10 nitrogen and oxygen atoms in total. The van der Waals surface area contributed by atoms with Gasteiger partial charge in [-0.15, -0.1) is 11.3 Å². The van der Waals surface area contributed by atoms with E-state index < -0.39 is 28.4 Å². The third kappa shape index (κ3) is 5.84. The van der Waals surface area contributed by atoms with Crippen molar-refractivity contribution in [1.29, 1.82) is 0 Å². The Morgan fingerprint density at radius 3 is 2.38 bits per heavy atom. The lowest BCUT2D eigenvalue weighted by atomic mass is 10.1. The number of ether oxygens (including phenoxy) is 4. The highest BCUT2D eigenvalue weighted by Gasteiger charge is 2.33. The minimum atomic E-state index is -4.37. The number of hydrogen-bond donors (Lipinski definition) is 1. The maximum Gasteiger partial charge on any atom is 0.341 e. The van der Waals surface area contributed by atoms with Gasteiger partial charge in [0.15, 0.2) is 11.5 Å². The maximum atomic E-state index is 14.0. The Morgan fingerprint density at radius 1 is 1.00 bits per heavy atom. The Balaban J connectivity index is 1.75. The molecule has 40 heavy (non-hydrogen) atoms. The molecule has 3 aromatic rings. The summed E-state index contributed by atoms with van der Waals surface area (Å²) in [6.07, 6.45) is 2.41. The fourth-order valence-corrected chi connectivity index (χ4v) is 7.37. The lowest BCUT2D eigenvalue weighted by Crippen LogP contribution is -2.38. The standard InChI is InChI=1S/C27H29ClN2O8S2/c1-5-38-27(32)25-18-7-6-8-23(18)39-26(25)29-24(31)15-30(19-13-16(28)9-11-20(19)35-2)40(33,34)17-10-12-21(36-3)22(14-17)37-4/h9-14H,5-8,15H2,1-4H3,(H,29,31). The van der Waals surface area contributed by atoms with Crippen LogP contribution in [-0.2, 0) is 32.4 Å². The number of amides is 1. The summed E-state index contributed by atoms with van der Waals surface area (Å²) in [7, 11) is -0.165. The molecule has 214 valence electrons. The van der Waals surface area contributed by atoms with E-state index in [-0.39, 0.29) is 33.7 Å². The Labute approximate surface area is 241 Å². The van der Waals surface area contributed by atoms with Crippen LogP contribution in [0, 0.1) is 0 Å². The molecule has 0 saturated carbocycles. The van der Waals surface area contributed by atoms with Gasteiger partial charge in [0.05, 0.1) is 44.1 Å². The van der Waals surface area contributed by atoms with Crippen molar-refractivity contribution >= 4 is 55.5 Å². The van der Waals surface area contributed by atoms with Crippen LogP contribution in [0.4, 0.5) is 10.7 Å². The van der Waals surface area contributed by atoms with E-state index >= 15 is 0 Å². The summed E-state index contributed by atoms with van der Waals surface area (Å²) in [4.78, 5) is 27.1. The lowest BCUT2D eigenvalue weighted by Gasteiger charge is -2.26. The van der Waals surface area contributed by atoms with Gasteiger partial charge in [0.1, 0.15) is 17.3 Å². The number of thiophene rings is 1. The Morgan fingerprint density at radius 2 is 1.70 bits per heavy atom. The van der Waals surface area contributed by atoms with E-state index in [4.69, 9.17) is 30.5 Å². The molecular weight excluding hydrogens is 580 g/mol. The second-order valence-electron chi connectivity index (χ2n) is 8.67. The third-order valence-electron chi connectivity index (χ3n) is 6.29. The van der Waals surface area contributed by atoms with Crippen molar-refractivity contribution in [1.82, 2.24) is 0 Å². The van der Waals surface area contributed by atoms with Gasteiger partial charge in [-0.2, -0.15) is 0 Å². The van der Waals surface area contributed by atoms with E-state index in [1.54, 1.807) is 13.0 Å². The Kier molecular flexibility index (Phi) is 9.12. The van der Waals surface area contributed by atoms with Crippen LogP contribution in [0.15, 0.2) is 41.3 Å². The second-order valence-corrected chi connectivity index (χ2v) is 12.1. The summed E-state index contributed by atoms with van der Waals surface area (Å²) in [5.41, 5.74) is 1.24. The molecule has 1 heterocycles. The van der Waals surface area contributed by atoms with Crippen LogP contribution in [0.25, 0.3) is 0 Å². The average molecular weight is 609 g/mol. The number of nitrogens with zero attached hydrogens (tertiary/aromatic N) is 1. The number of methoxy groups -OCH3 is 3. The zero-order valence-corrected chi connectivity index (χ0v) is 24.8. The van der Waals surface area contributed by atoms with Crippen LogP contribution < -0.4 is 23.8 Å². The fourth-order valence-electron chi connectivity index (χ4n) is 4.47. The molecule has 0 unspecified atom stereocenters. The van der Waals surface area contributed by atoms with Crippen molar-refractivity contribution in [2.75, 3.05) is 44.1 Å². The number of carbonyl (C=O) groups excluding carboxylic acids is 2. The van der Waals surface area contributed by atoms with E-state index in [0.717, 1.165) is 27.6 Å². The van der Waals surface area contributed by atoms with Gasteiger partial charge in [-0.3, -0.25) is 9.10 Å². The Bertz CT molecular complexity index is 1540. The molecule has 0 atom stereocenters. The molecule has 0 spiro atoms. The number of carbonyl (C=O) groups is 2. The van der Waals surface area contributed by atoms with Crippen molar-refractivity contribution in [2.45, 2.75) is 31.1 Å². The molecule has 1 N–H and O–H groups in total. The molecule has 1 amide bonds. The smallest absolute Gasteiger partial charge is 0.341 e.